The Hall–Kier alpha value is -1.94. The van der Waals surface area contributed by atoms with Crippen LogP contribution >= 0.6 is 15.6 Å². The summed E-state index contributed by atoms with van der Waals surface area (Å²) in [7, 11) is -9.91. The highest BCUT2D eigenvalue weighted by Gasteiger charge is 2.30. The molecule has 0 saturated heterocycles. The van der Waals surface area contributed by atoms with Gasteiger partial charge in [-0.2, -0.15) is 0 Å². The van der Waals surface area contributed by atoms with Crippen LogP contribution in [-0.2, 0) is 65.4 Å². The standard InChI is InChI=1S/C79H154O17P2/c1-5-9-13-17-21-25-29-33-36-37-38-42-46-50-54-58-62-66-79(84)96-75(70-90-77(82)64-60-56-52-48-44-40-34-30-26-22-18-14-10-6-2)72-94-98(87,88)92-68-73(80)67-91-97(85,86)93-71-74(69-89-76(81)63-59-55-51-47-43-39-32-28-24-20-16-12-8-4)95-78(83)65-61-57-53-49-45-41-35-31-27-23-19-15-11-7-3/h73-75,80H,5-72H2,1-4H3,(H,85,86)(H,87,88)/t73-,74+,75+/m0/s1. The zero-order valence-electron chi connectivity index (χ0n) is 63.8. The first-order valence-corrected chi connectivity index (χ1v) is 44.3. The number of hydrogen-bond donors (Lipinski definition) is 3. The average molecular weight is 1440 g/mol. The van der Waals surface area contributed by atoms with E-state index in [0.717, 1.165) is 89.9 Å². The fourth-order valence-corrected chi connectivity index (χ4v) is 13.9. The quantitative estimate of drug-likeness (QED) is 0.0222. The lowest BCUT2D eigenvalue weighted by molar-refractivity contribution is -0.161. The zero-order chi connectivity index (χ0) is 71.8. The molecule has 0 amide bonds. The van der Waals surface area contributed by atoms with Crippen LogP contribution in [0.5, 0.6) is 0 Å². The van der Waals surface area contributed by atoms with Gasteiger partial charge in [-0.1, -0.05) is 374 Å². The highest BCUT2D eigenvalue weighted by Crippen LogP contribution is 2.45. The summed E-state index contributed by atoms with van der Waals surface area (Å²) in [4.78, 5) is 73.0. The molecule has 0 spiro atoms. The predicted molar refractivity (Wildman–Crippen MR) is 400 cm³/mol. The lowest BCUT2D eigenvalue weighted by Gasteiger charge is -2.21. The minimum Gasteiger partial charge on any atom is -0.462 e. The molecule has 0 radical (unpaired) electrons. The molecule has 0 aliphatic carbocycles. The second-order valence-corrected chi connectivity index (χ2v) is 31.4. The van der Waals surface area contributed by atoms with Crippen LogP contribution in [0.1, 0.15) is 426 Å². The van der Waals surface area contributed by atoms with Gasteiger partial charge in [0.15, 0.2) is 12.2 Å². The third-order valence-corrected chi connectivity index (χ3v) is 20.5. The van der Waals surface area contributed by atoms with Gasteiger partial charge in [0.25, 0.3) is 0 Å². The second-order valence-electron chi connectivity index (χ2n) is 28.5. The van der Waals surface area contributed by atoms with Crippen LogP contribution in [0, 0.1) is 0 Å². The van der Waals surface area contributed by atoms with Gasteiger partial charge in [-0.3, -0.25) is 37.3 Å². The minimum atomic E-state index is -4.96. The number of aliphatic hydroxyl groups is 1. The van der Waals surface area contributed by atoms with Crippen LogP contribution < -0.4 is 0 Å². The van der Waals surface area contributed by atoms with Gasteiger partial charge in [0.1, 0.15) is 19.3 Å². The summed E-state index contributed by atoms with van der Waals surface area (Å²) in [6.45, 7) is 5.03. The molecule has 98 heavy (non-hydrogen) atoms. The number of carbonyl (C=O) groups is 4. The van der Waals surface area contributed by atoms with E-state index in [1.54, 1.807) is 0 Å². The molecule has 0 aromatic rings. The molecule has 17 nitrogen and oxygen atoms in total. The van der Waals surface area contributed by atoms with Crippen molar-refractivity contribution in [3.8, 4) is 0 Å². The van der Waals surface area contributed by atoms with Gasteiger partial charge in [0, 0.05) is 25.7 Å². The monoisotopic (exact) mass is 1440 g/mol. The first-order valence-electron chi connectivity index (χ1n) is 41.3. The van der Waals surface area contributed by atoms with E-state index in [0.29, 0.717) is 25.7 Å². The maximum Gasteiger partial charge on any atom is 0.472 e. The van der Waals surface area contributed by atoms with E-state index in [1.165, 1.54) is 257 Å². The van der Waals surface area contributed by atoms with Crippen LogP contribution in [0.25, 0.3) is 0 Å². The van der Waals surface area contributed by atoms with E-state index < -0.39 is 97.5 Å². The largest absolute Gasteiger partial charge is 0.472 e. The van der Waals surface area contributed by atoms with Crippen molar-refractivity contribution in [1.29, 1.82) is 0 Å². The van der Waals surface area contributed by atoms with E-state index >= 15 is 0 Å². The molecule has 0 heterocycles. The van der Waals surface area contributed by atoms with E-state index in [2.05, 4.69) is 27.7 Å². The van der Waals surface area contributed by atoms with Crippen LogP contribution in [0.3, 0.4) is 0 Å². The molecule has 0 aliphatic rings. The van der Waals surface area contributed by atoms with Gasteiger partial charge >= 0.3 is 39.5 Å². The molecule has 0 saturated carbocycles. The number of rotatable bonds is 80. The summed E-state index contributed by atoms with van der Waals surface area (Å²) >= 11 is 0. The van der Waals surface area contributed by atoms with E-state index in [-0.39, 0.29) is 25.7 Å². The smallest absolute Gasteiger partial charge is 0.462 e. The summed E-state index contributed by atoms with van der Waals surface area (Å²) in [5, 5.41) is 10.6. The van der Waals surface area contributed by atoms with Crippen molar-refractivity contribution in [3.63, 3.8) is 0 Å². The molecule has 0 rings (SSSR count). The molecule has 5 atom stereocenters. The number of phosphoric ester groups is 2. The van der Waals surface area contributed by atoms with E-state index in [9.17, 15) is 43.2 Å². The first kappa shape index (κ1) is 96.1. The zero-order valence-corrected chi connectivity index (χ0v) is 65.6. The number of carbonyl (C=O) groups excluding carboxylic acids is 4. The van der Waals surface area contributed by atoms with Crippen LogP contribution in [0.15, 0.2) is 0 Å². The number of hydrogen-bond acceptors (Lipinski definition) is 15. The molecule has 0 fully saturated rings. The predicted octanol–water partition coefficient (Wildman–Crippen LogP) is 23.8. The van der Waals surface area contributed by atoms with Gasteiger partial charge in [0.2, 0.25) is 0 Å². The molecular weight excluding hydrogens is 1280 g/mol. The maximum absolute atomic E-state index is 13.1. The molecule has 0 bridgehead atoms. The van der Waals surface area contributed by atoms with Crippen molar-refractivity contribution >= 4 is 39.5 Å². The Kier molecular flexibility index (Phi) is 71.9. The summed E-state index contributed by atoms with van der Waals surface area (Å²) in [6.07, 6.45) is 64.9. The maximum atomic E-state index is 13.1. The van der Waals surface area contributed by atoms with Crippen molar-refractivity contribution in [1.82, 2.24) is 0 Å². The fourth-order valence-electron chi connectivity index (χ4n) is 12.3. The summed E-state index contributed by atoms with van der Waals surface area (Å²) in [6, 6.07) is 0. The van der Waals surface area contributed by atoms with Gasteiger partial charge < -0.3 is 33.8 Å². The fraction of sp³-hybridized carbons (Fsp3) is 0.949. The average Bonchev–Trinajstić information content (AvgIpc) is 1.10. The highest BCUT2D eigenvalue weighted by atomic mass is 31.2. The summed E-state index contributed by atoms with van der Waals surface area (Å²) in [5.74, 6) is -2.10. The number of phosphoric acid groups is 2. The van der Waals surface area contributed by atoms with Crippen LogP contribution in [-0.4, -0.2) is 96.7 Å². The Morgan fingerprint density at radius 1 is 0.245 bits per heavy atom. The van der Waals surface area contributed by atoms with Crippen molar-refractivity contribution in [2.24, 2.45) is 0 Å². The van der Waals surface area contributed by atoms with Gasteiger partial charge in [-0.15, -0.1) is 0 Å². The summed E-state index contributed by atoms with van der Waals surface area (Å²) in [5.41, 5.74) is 0. The molecule has 0 aromatic carbocycles. The molecule has 582 valence electrons. The Bertz CT molecular complexity index is 1860. The van der Waals surface area contributed by atoms with E-state index in [1.807, 2.05) is 0 Å². The van der Waals surface area contributed by atoms with E-state index in [4.69, 9.17) is 37.0 Å². The number of unbranched alkanes of at least 4 members (excludes halogenated alkanes) is 54. The lowest BCUT2D eigenvalue weighted by atomic mass is 10.0. The SMILES string of the molecule is CCCCCCCCCCCCCCCCCCCC(=O)O[C@H](COC(=O)CCCCCCCCCCCCCCCC)COP(=O)(O)OC[C@@H](O)COP(=O)(O)OC[C@@H](COC(=O)CCCCCCCCCCCCCCC)OC(=O)CCCCCCCCCCCCCCCC. The molecule has 0 aromatic heterocycles. The van der Waals surface area contributed by atoms with Crippen molar-refractivity contribution < 1.29 is 80.2 Å². The number of esters is 4. The first-order chi connectivity index (χ1) is 47.7. The molecule has 2 unspecified atom stereocenters. The van der Waals surface area contributed by atoms with Crippen molar-refractivity contribution in [2.75, 3.05) is 39.6 Å². The van der Waals surface area contributed by atoms with Gasteiger partial charge in [0.05, 0.1) is 26.4 Å². The highest BCUT2D eigenvalue weighted by molar-refractivity contribution is 7.47. The Labute approximate surface area is 600 Å². The second kappa shape index (κ2) is 73.4. The third kappa shape index (κ3) is 72.4. The van der Waals surface area contributed by atoms with Gasteiger partial charge in [-0.05, 0) is 25.7 Å². The lowest BCUT2D eigenvalue weighted by Crippen LogP contribution is -2.30. The van der Waals surface area contributed by atoms with Crippen LogP contribution in [0.4, 0.5) is 0 Å². The Morgan fingerprint density at radius 2 is 0.408 bits per heavy atom. The molecule has 19 heteroatoms. The molecule has 3 N–H and O–H groups in total. The third-order valence-electron chi connectivity index (χ3n) is 18.6. The van der Waals surface area contributed by atoms with Crippen LogP contribution in [0.2, 0.25) is 0 Å². The summed E-state index contributed by atoms with van der Waals surface area (Å²) < 4.78 is 68.7. The van der Waals surface area contributed by atoms with Crippen molar-refractivity contribution in [2.45, 2.75) is 444 Å². The Morgan fingerprint density at radius 3 is 0.602 bits per heavy atom. The molecular formula is C79H154O17P2. The number of aliphatic hydroxyl groups excluding tert-OH is 1. The topological polar surface area (TPSA) is 237 Å². The Balaban J connectivity index is 5.26. The number of ether oxygens (including phenoxy) is 4. The van der Waals surface area contributed by atoms with Crippen molar-refractivity contribution in [3.05, 3.63) is 0 Å². The molecule has 0 aliphatic heterocycles. The van der Waals surface area contributed by atoms with Gasteiger partial charge in [-0.25, -0.2) is 9.13 Å². The minimum absolute atomic E-state index is 0.109. The normalized spacial score (nSPS) is 13.8.